The van der Waals surface area contributed by atoms with Crippen molar-refractivity contribution in [2.75, 3.05) is 67.7 Å². The third kappa shape index (κ3) is 5.99. The van der Waals surface area contributed by atoms with Crippen LogP contribution >= 0.6 is 0 Å². The Morgan fingerprint density at radius 2 is 1.55 bits per heavy atom. The van der Waals surface area contributed by atoms with Crippen LogP contribution in [-0.2, 0) is 20.7 Å². The van der Waals surface area contributed by atoms with Crippen molar-refractivity contribution in [3.05, 3.63) is 53.6 Å². The molecule has 1 N–H and O–H groups in total. The van der Waals surface area contributed by atoms with Crippen molar-refractivity contribution in [3.8, 4) is 0 Å². The first-order chi connectivity index (χ1) is 15.2. The number of ether oxygens (including phenoxy) is 2. The van der Waals surface area contributed by atoms with Gasteiger partial charge in [-0.3, -0.25) is 4.79 Å². The Bertz CT molecular complexity index is 857. The molecule has 31 heavy (non-hydrogen) atoms. The van der Waals surface area contributed by atoms with Gasteiger partial charge in [-0.05, 0) is 43.5 Å². The lowest BCUT2D eigenvalue weighted by atomic mass is 10.1. The summed E-state index contributed by atoms with van der Waals surface area (Å²) in [5.74, 6) is 0.0701. The minimum absolute atomic E-state index is 0.0701. The number of amides is 1. The fourth-order valence-electron chi connectivity index (χ4n) is 4.13. The first-order valence-electron chi connectivity index (χ1n) is 11.3. The molecular weight excluding hydrogens is 390 g/mol. The number of nitrogens with one attached hydrogen (secondary N) is 1. The molecule has 0 unspecified atom stereocenters. The van der Waals surface area contributed by atoms with E-state index in [4.69, 9.17) is 9.47 Å². The monoisotopic (exact) mass is 423 g/mol. The number of morpholine rings is 2. The molecule has 0 bridgehead atoms. The maximum Gasteiger partial charge on any atom is 0.224 e. The van der Waals surface area contributed by atoms with Crippen molar-refractivity contribution in [3.63, 3.8) is 0 Å². The Morgan fingerprint density at radius 1 is 0.903 bits per heavy atom. The molecule has 0 aromatic heterocycles. The number of carbonyl (C=O) groups is 1. The predicted octanol–water partition coefficient (Wildman–Crippen LogP) is 3.63. The first-order valence-corrected chi connectivity index (χ1v) is 11.3. The van der Waals surface area contributed by atoms with Crippen LogP contribution in [0.25, 0.3) is 0 Å². The summed E-state index contributed by atoms with van der Waals surface area (Å²) in [5, 5.41) is 3.17. The van der Waals surface area contributed by atoms with Crippen molar-refractivity contribution in [2.24, 2.45) is 0 Å². The molecule has 2 aliphatic rings. The number of anilines is 3. The summed E-state index contributed by atoms with van der Waals surface area (Å²) in [5.41, 5.74) is 5.69. The Labute approximate surface area is 185 Å². The zero-order valence-corrected chi connectivity index (χ0v) is 18.4. The van der Waals surface area contributed by atoms with E-state index in [1.807, 2.05) is 6.07 Å². The van der Waals surface area contributed by atoms with E-state index in [2.05, 4.69) is 58.4 Å². The van der Waals surface area contributed by atoms with Crippen molar-refractivity contribution >= 4 is 23.0 Å². The van der Waals surface area contributed by atoms with E-state index in [0.29, 0.717) is 19.6 Å². The maximum atomic E-state index is 12.7. The zero-order chi connectivity index (χ0) is 21.5. The summed E-state index contributed by atoms with van der Waals surface area (Å²) < 4.78 is 11.0. The van der Waals surface area contributed by atoms with Gasteiger partial charge in [-0.15, -0.1) is 0 Å². The molecule has 2 aromatic rings. The van der Waals surface area contributed by atoms with Gasteiger partial charge in [0, 0.05) is 38.3 Å². The predicted molar refractivity (Wildman–Crippen MR) is 125 cm³/mol. The molecule has 0 radical (unpaired) electrons. The lowest BCUT2D eigenvalue weighted by Gasteiger charge is -2.33. The average molecular weight is 424 g/mol. The number of benzene rings is 2. The van der Waals surface area contributed by atoms with Gasteiger partial charge in [0.15, 0.2) is 0 Å². The Morgan fingerprint density at radius 3 is 2.23 bits per heavy atom. The molecule has 0 saturated carbocycles. The molecule has 0 spiro atoms. The Kier molecular flexibility index (Phi) is 7.43. The Balaban J connectivity index is 1.41. The fourth-order valence-corrected chi connectivity index (χ4v) is 4.13. The van der Waals surface area contributed by atoms with Gasteiger partial charge in [-0.1, -0.05) is 29.8 Å². The number of aryl methyl sites for hydroxylation is 2. The topological polar surface area (TPSA) is 54.0 Å². The van der Waals surface area contributed by atoms with Gasteiger partial charge in [-0.2, -0.15) is 0 Å². The standard InChI is InChI=1S/C25H33N3O3/c1-20-5-7-21(8-6-20)3-2-4-25(29)26-23-10-9-22(27-11-15-30-16-12-27)19-24(23)28-13-17-31-18-14-28/h5-10,19H,2-4,11-18H2,1H3,(H,26,29). The van der Waals surface area contributed by atoms with Crippen LogP contribution in [-0.4, -0.2) is 58.5 Å². The molecule has 166 valence electrons. The molecule has 4 rings (SSSR count). The number of rotatable bonds is 7. The van der Waals surface area contributed by atoms with E-state index in [1.54, 1.807) is 0 Å². The van der Waals surface area contributed by atoms with Gasteiger partial charge in [0.2, 0.25) is 5.91 Å². The van der Waals surface area contributed by atoms with Crippen molar-refractivity contribution in [2.45, 2.75) is 26.2 Å². The van der Waals surface area contributed by atoms with Crippen molar-refractivity contribution in [1.82, 2.24) is 0 Å². The quantitative estimate of drug-likeness (QED) is 0.737. The molecule has 2 fully saturated rings. The average Bonchev–Trinajstić information content (AvgIpc) is 2.82. The molecule has 6 heteroatoms. The molecule has 2 saturated heterocycles. The minimum Gasteiger partial charge on any atom is -0.378 e. The van der Waals surface area contributed by atoms with Crippen LogP contribution in [0.1, 0.15) is 24.0 Å². The van der Waals surface area contributed by atoms with E-state index in [0.717, 1.165) is 63.6 Å². The van der Waals surface area contributed by atoms with E-state index in [9.17, 15) is 4.79 Å². The van der Waals surface area contributed by atoms with E-state index < -0.39 is 0 Å². The van der Waals surface area contributed by atoms with Crippen LogP contribution in [0.15, 0.2) is 42.5 Å². The van der Waals surface area contributed by atoms with Crippen LogP contribution in [0.2, 0.25) is 0 Å². The minimum atomic E-state index is 0.0701. The largest absolute Gasteiger partial charge is 0.378 e. The molecule has 0 aliphatic carbocycles. The summed E-state index contributed by atoms with van der Waals surface area (Å²) in [4.78, 5) is 17.4. The normalized spacial score (nSPS) is 16.9. The molecule has 2 heterocycles. The highest BCUT2D eigenvalue weighted by atomic mass is 16.5. The second-order valence-corrected chi connectivity index (χ2v) is 8.29. The number of carbonyl (C=O) groups excluding carboxylic acids is 1. The zero-order valence-electron chi connectivity index (χ0n) is 18.4. The van der Waals surface area contributed by atoms with Crippen molar-refractivity contribution < 1.29 is 14.3 Å². The highest BCUT2D eigenvalue weighted by molar-refractivity contribution is 5.95. The summed E-state index contributed by atoms with van der Waals surface area (Å²) in [6.07, 6.45) is 2.27. The molecule has 0 atom stereocenters. The smallest absolute Gasteiger partial charge is 0.224 e. The lowest BCUT2D eigenvalue weighted by molar-refractivity contribution is -0.116. The van der Waals surface area contributed by atoms with Crippen LogP contribution in [0, 0.1) is 6.92 Å². The van der Waals surface area contributed by atoms with Crippen LogP contribution in [0.3, 0.4) is 0 Å². The van der Waals surface area contributed by atoms with Crippen molar-refractivity contribution in [1.29, 1.82) is 0 Å². The van der Waals surface area contributed by atoms with Gasteiger partial charge in [-0.25, -0.2) is 0 Å². The second kappa shape index (κ2) is 10.6. The van der Waals surface area contributed by atoms with E-state index in [1.165, 1.54) is 16.8 Å². The van der Waals surface area contributed by atoms with Crippen LogP contribution in [0.5, 0.6) is 0 Å². The van der Waals surface area contributed by atoms with Gasteiger partial charge in [0.25, 0.3) is 0 Å². The fraction of sp³-hybridized carbons (Fsp3) is 0.480. The number of hydrogen-bond donors (Lipinski definition) is 1. The third-order valence-corrected chi connectivity index (χ3v) is 5.97. The molecule has 6 nitrogen and oxygen atoms in total. The van der Waals surface area contributed by atoms with E-state index in [-0.39, 0.29) is 5.91 Å². The first kappa shape index (κ1) is 21.7. The third-order valence-electron chi connectivity index (χ3n) is 5.97. The maximum absolute atomic E-state index is 12.7. The van der Waals surface area contributed by atoms with Crippen LogP contribution < -0.4 is 15.1 Å². The summed E-state index contributed by atoms with van der Waals surface area (Å²) >= 11 is 0. The lowest BCUT2D eigenvalue weighted by Crippen LogP contribution is -2.38. The highest BCUT2D eigenvalue weighted by Gasteiger charge is 2.19. The van der Waals surface area contributed by atoms with Gasteiger partial charge in [0.1, 0.15) is 0 Å². The second-order valence-electron chi connectivity index (χ2n) is 8.29. The Hall–Kier alpha value is -2.57. The number of nitrogens with zero attached hydrogens (tertiary/aromatic N) is 2. The summed E-state index contributed by atoms with van der Waals surface area (Å²) in [7, 11) is 0. The summed E-state index contributed by atoms with van der Waals surface area (Å²) in [6, 6.07) is 14.9. The molecule has 2 aromatic carbocycles. The molecule has 1 amide bonds. The molecular formula is C25H33N3O3. The number of hydrogen-bond acceptors (Lipinski definition) is 5. The summed E-state index contributed by atoms with van der Waals surface area (Å²) in [6.45, 7) is 8.50. The van der Waals surface area contributed by atoms with Crippen LogP contribution in [0.4, 0.5) is 17.1 Å². The molecule has 2 aliphatic heterocycles. The van der Waals surface area contributed by atoms with Gasteiger partial charge >= 0.3 is 0 Å². The van der Waals surface area contributed by atoms with E-state index >= 15 is 0 Å². The van der Waals surface area contributed by atoms with Gasteiger partial charge < -0.3 is 24.6 Å². The highest BCUT2D eigenvalue weighted by Crippen LogP contribution is 2.32. The van der Waals surface area contributed by atoms with Gasteiger partial charge in [0.05, 0.1) is 37.8 Å². The SMILES string of the molecule is Cc1ccc(CCCC(=O)Nc2ccc(N3CCOCC3)cc2N2CCOCC2)cc1.